The molecule has 1 aromatic rings. The molecule has 2 N–H and O–H groups in total. The summed E-state index contributed by atoms with van der Waals surface area (Å²) in [6.45, 7) is 2.90. The number of hydrogen-bond acceptors (Lipinski definition) is 3. The molecule has 4 rings (SSSR count). The number of rotatable bonds is 4. The Labute approximate surface area is 131 Å². The van der Waals surface area contributed by atoms with Crippen LogP contribution < -0.4 is 5.32 Å². The van der Waals surface area contributed by atoms with E-state index in [2.05, 4.69) is 15.5 Å². The summed E-state index contributed by atoms with van der Waals surface area (Å²) in [4.78, 5) is 14.7. The van der Waals surface area contributed by atoms with Crippen LogP contribution in [0, 0.1) is 5.92 Å². The normalized spacial score (nSPS) is 22.6. The van der Waals surface area contributed by atoms with Crippen molar-refractivity contribution < 1.29 is 4.79 Å². The number of nitrogens with one attached hydrogen (secondary N) is 2. The van der Waals surface area contributed by atoms with Crippen LogP contribution in [0.25, 0.3) is 0 Å². The number of aryl methyl sites for hydroxylation is 1. The average Bonchev–Trinajstić information content (AvgIpc) is 3.30. The molecule has 5 heteroatoms. The summed E-state index contributed by atoms with van der Waals surface area (Å²) in [6, 6.07) is 0.595. The molecule has 1 saturated heterocycles. The summed E-state index contributed by atoms with van der Waals surface area (Å²) in [7, 11) is 0. The molecule has 0 spiro atoms. The fraction of sp³-hybridized carbons (Fsp3) is 0.765. The van der Waals surface area contributed by atoms with Gasteiger partial charge in [-0.05, 0) is 63.8 Å². The largest absolute Gasteiger partial charge is 0.337 e. The summed E-state index contributed by atoms with van der Waals surface area (Å²) < 4.78 is 0. The van der Waals surface area contributed by atoms with E-state index >= 15 is 0 Å². The van der Waals surface area contributed by atoms with E-state index in [4.69, 9.17) is 0 Å². The van der Waals surface area contributed by atoms with Gasteiger partial charge in [-0.15, -0.1) is 0 Å². The van der Waals surface area contributed by atoms with Crippen LogP contribution in [-0.4, -0.2) is 46.7 Å². The Morgan fingerprint density at radius 1 is 1.18 bits per heavy atom. The minimum atomic E-state index is 0.139. The maximum absolute atomic E-state index is 12.7. The zero-order chi connectivity index (χ0) is 14.9. The maximum Gasteiger partial charge on any atom is 0.274 e. The Balaban J connectivity index is 1.34. The molecule has 0 atom stereocenters. The van der Waals surface area contributed by atoms with Crippen LogP contribution in [-0.2, 0) is 12.8 Å². The lowest BCUT2D eigenvalue weighted by Gasteiger charge is -2.32. The Morgan fingerprint density at radius 2 is 1.95 bits per heavy atom. The van der Waals surface area contributed by atoms with Gasteiger partial charge in [-0.3, -0.25) is 9.89 Å². The third-order valence-corrected chi connectivity index (χ3v) is 5.43. The van der Waals surface area contributed by atoms with Crippen LogP contribution in [0.15, 0.2) is 0 Å². The van der Waals surface area contributed by atoms with Gasteiger partial charge in [-0.1, -0.05) is 0 Å². The highest BCUT2D eigenvalue weighted by molar-refractivity contribution is 5.94. The van der Waals surface area contributed by atoms with Gasteiger partial charge in [0.05, 0.1) is 0 Å². The predicted molar refractivity (Wildman–Crippen MR) is 84.9 cm³/mol. The highest BCUT2D eigenvalue weighted by atomic mass is 16.2. The molecule has 1 amide bonds. The monoisotopic (exact) mass is 302 g/mol. The van der Waals surface area contributed by atoms with Gasteiger partial charge in [0, 0.05) is 30.4 Å². The van der Waals surface area contributed by atoms with Gasteiger partial charge < -0.3 is 10.2 Å². The number of aromatic nitrogens is 2. The molecule has 0 bridgehead atoms. The molecule has 2 heterocycles. The molecule has 22 heavy (non-hydrogen) atoms. The number of hydrogen-bond donors (Lipinski definition) is 2. The van der Waals surface area contributed by atoms with Crippen molar-refractivity contribution in [2.24, 2.45) is 5.92 Å². The quantitative estimate of drug-likeness (QED) is 0.893. The second kappa shape index (κ2) is 6.03. The van der Waals surface area contributed by atoms with Crippen molar-refractivity contribution in [1.29, 1.82) is 0 Å². The molecule has 2 aliphatic carbocycles. The molecular formula is C17H26N4O. The average molecular weight is 302 g/mol. The first-order valence-corrected chi connectivity index (χ1v) is 8.90. The number of nitrogens with zero attached hydrogens (tertiary/aromatic N) is 2. The molecular weight excluding hydrogens is 276 g/mol. The first-order valence-electron chi connectivity index (χ1n) is 8.90. The van der Waals surface area contributed by atoms with Gasteiger partial charge in [-0.25, -0.2) is 0 Å². The van der Waals surface area contributed by atoms with E-state index in [-0.39, 0.29) is 5.91 Å². The SMILES string of the molecule is O=C(c1n[nH]c2c1CCCC2)N1CCC(NCC2CC2)CC1. The lowest BCUT2D eigenvalue weighted by Crippen LogP contribution is -2.45. The van der Waals surface area contributed by atoms with Crippen molar-refractivity contribution >= 4 is 5.91 Å². The van der Waals surface area contributed by atoms with Crippen LogP contribution in [0.4, 0.5) is 0 Å². The summed E-state index contributed by atoms with van der Waals surface area (Å²) in [5.74, 6) is 1.07. The first kappa shape index (κ1) is 14.2. The second-order valence-electron chi connectivity index (χ2n) is 7.15. The van der Waals surface area contributed by atoms with Crippen LogP contribution in [0.3, 0.4) is 0 Å². The molecule has 1 saturated carbocycles. The van der Waals surface area contributed by atoms with E-state index in [0.717, 1.165) is 44.7 Å². The number of piperidine rings is 1. The van der Waals surface area contributed by atoms with Gasteiger partial charge in [-0.2, -0.15) is 5.10 Å². The molecule has 1 aliphatic heterocycles. The van der Waals surface area contributed by atoms with E-state index in [0.29, 0.717) is 11.7 Å². The summed E-state index contributed by atoms with van der Waals surface area (Å²) in [5.41, 5.74) is 3.07. The zero-order valence-electron chi connectivity index (χ0n) is 13.2. The molecule has 0 radical (unpaired) electrons. The van der Waals surface area contributed by atoms with Crippen molar-refractivity contribution in [3.8, 4) is 0 Å². The lowest BCUT2D eigenvalue weighted by atomic mass is 9.95. The predicted octanol–water partition coefficient (Wildman–Crippen LogP) is 1.89. The van der Waals surface area contributed by atoms with Gasteiger partial charge >= 0.3 is 0 Å². The molecule has 5 nitrogen and oxygen atoms in total. The molecule has 0 aromatic carbocycles. The van der Waals surface area contributed by atoms with Crippen molar-refractivity contribution in [2.45, 2.75) is 57.4 Å². The second-order valence-corrected chi connectivity index (χ2v) is 7.15. The van der Waals surface area contributed by atoms with Gasteiger partial charge in [0.1, 0.15) is 0 Å². The third-order valence-electron chi connectivity index (χ3n) is 5.43. The summed E-state index contributed by atoms with van der Waals surface area (Å²) >= 11 is 0. The number of aromatic amines is 1. The molecule has 3 aliphatic rings. The van der Waals surface area contributed by atoms with Crippen LogP contribution in [0.2, 0.25) is 0 Å². The van der Waals surface area contributed by atoms with Gasteiger partial charge in [0.2, 0.25) is 0 Å². The number of carbonyl (C=O) groups excluding carboxylic acids is 1. The number of fused-ring (bicyclic) bond motifs is 1. The van der Waals surface area contributed by atoms with E-state index in [1.54, 1.807) is 0 Å². The van der Waals surface area contributed by atoms with Gasteiger partial charge in [0.15, 0.2) is 5.69 Å². The van der Waals surface area contributed by atoms with Crippen molar-refractivity contribution in [2.75, 3.05) is 19.6 Å². The number of carbonyl (C=O) groups is 1. The molecule has 2 fully saturated rings. The molecule has 1 aromatic heterocycles. The highest BCUT2D eigenvalue weighted by Gasteiger charge is 2.29. The Hall–Kier alpha value is -1.36. The lowest BCUT2D eigenvalue weighted by molar-refractivity contribution is 0.0697. The van der Waals surface area contributed by atoms with E-state index in [1.165, 1.54) is 43.5 Å². The number of amides is 1. The highest BCUT2D eigenvalue weighted by Crippen LogP contribution is 2.28. The van der Waals surface area contributed by atoms with Crippen LogP contribution in [0.1, 0.15) is 60.3 Å². The Morgan fingerprint density at radius 3 is 2.73 bits per heavy atom. The minimum Gasteiger partial charge on any atom is -0.337 e. The maximum atomic E-state index is 12.7. The van der Waals surface area contributed by atoms with E-state index in [9.17, 15) is 4.79 Å². The molecule has 0 unspecified atom stereocenters. The first-order chi connectivity index (χ1) is 10.8. The smallest absolute Gasteiger partial charge is 0.274 e. The topological polar surface area (TPSA) is 61.0 Å². The molecule has 120 valence electrons. The standard InChI is InChI=1S/C17H26N4O/c22-17(16-14-3-1-2-4-15(14)19-20-16)21-9-7-13(8-10-21)18-11-12-5-6-12/h12-13,18H,1-11H2,(H,19,20). The number of H-pyrrole nitrogens is 1. The summed E-state index contributed by atoms with van der Waals surface area (Å²) in [5, 5.41) is 11.1. The zero-order valence-corrected chi connectivity index (χ0v) is 13.2. The van der Waals surface area contributed by atoms with E-state index in [1.807, 2.05) is 4.90 Å². The van der Waals surface area contributed by atoms with Crippen molar-refractivity contribution in [1.82, 2.24) is 20.4 Å². The fourth-order valence-corrected chi connectivity index (χ4v) is 3.75. The van der Waals surface area contributed by atoms with Crippen molar-refractivity contribution in [3.63, 3.8) is 0 Å². The van der Waals surface area contributed by atoms with Crippen LogP contribution >= 0.6 is 0 Å². The number of likely N-dealkylation sites (tertiary alicyclic amines) is 1. The van der Waals surface area contributed by atoms with Crippen molar-refractivity contribution in [3.05, 3.63) is 17.0 Å². The minimum absolute atomic E-state index is 0.139. The van der Waals surface area contributed by atoms with Gasteiger partial charge in [0.25, 0.3) is 5.91 Å². The summed E-state index contributed by atoms with van der Waals surface area (Å²) in [6.07, 6.45) is 9.38. The van der Waals surface area contributed by atoms with E-state index < -0.39 is 0 Å². The Kier molecular flexibility index (Phi) is 3.90. The Bertz CT molecular complexity index is 541. The third kappa shape index (κ3) is 2.91. The fourth-order valence-electron chi connectivity index (χ4n) is 3.75. The van der Waals surface area contributed by atoms with Crippen LogP contribution in [0.5, 0.6) is 0 Å².